The highest BCUT2D eigenvalue weighted by molar-refractivity contribution is 7.92. The van der Waals surface area contributed by atoms with Gasteiger partial charge in [-0.05, 0) is 68.1 Å². The molecule has 5 N–H and O–H groups in total. The van der Waals surface area contributed by atoms with Gasteiger partial charge in [0.1, 0.15) is 0 Å². The van der Waals surface area contributed by atoms with Crippen LogP contribution in [-0.2, 0) is 16.4 Å². The molecule has 0 aliphatic rings. The van der Waals surface area contributed by atoms with Crippen LogP contribution in [0.15, 0.2) is 103 Å². The predicted molar refractivity (Wildman–Crippen MR) is 180 cm³/mol. The molecule has 0 fully saturated rings. The fraction of sp³-hybridized carbons (Fsp3) is 0.286. The first-order valence-electron chi connectivity index (χ1n) is 15.2. The van der Waals surface area contributed by atoms with Gasteiger partial charge in [-0.25, -0.2) is 8.42 Å². The highest BCUT2D eigenvalue weighted by Crippen LogP contribution is 2.20. The molecule has 3 aromatic carbocycles. The second kappa shape index (κ2) is 16.1. The van der Waals surface area contributed by atoms with Crippen LogP contribution >= 0.6 is 0 Å². The number of aliphatic hydroxyl groups excluding tert-OH is 1. The second-order valence-corrected chi connectivity index (χ2v) is 13.2. The first-order valence-corrected chi connectivity index (χ1v) is 16.9. The Hall–Kier alpha value is -4.58. The van der Waals surface area contributed by atoms with Crippen LogP contribution in [0.4, 0.5) is 5.69 Å². The Kier molecular flexibility index (Phi) is 12.0. The van der Waals surface area contributed by atoms with Crippen molar-refractivity contribution < 1.29 is 23.1 Å². The number of hydrogen-bond acceptors (Lipinski definition) is 7. The molecule has 1 aromatic heterocycles. The van der Waals surface area contributed by atoms with Gasteiger partial charge in [-0.15, -0.1) is 0 Å². The third-order valence-electron chi connectivity index (χ3n) is 7.65. The monoisotopic (exact) mass is 643 g/mol. The summed E-state index contributed by atoms with van der Waals surface area (Å²) >= 11 is 0. The molecule has 0 aliphatic heterocycles. The number of rotatable bonds is 15. The number of benzene rings is 3. The Bertz CT molecular complexity index is 1690. The first kappa shape index (κ1) is 34.3. The minimum absolute atomic E-state index is 0.0655. The third-order valence-corrected chi connectivity index (χ3v) is 8.96. The van der Waals surface area contributed by atoms with Gasteiger partial charge in [-0.2, -0.15) is 0 Å². The molecule has 1 heterocycles. The topological polar surface area (TPSA) is 150 Å². The van der Waals surface area contributed by atoms with E-state index in [0.717, 1.165) is 16.7 Å². The van der Waals surface area contributed by atoms with Gasteiger partial charge in [-0.3, -0.25) is 19.3 Å². The van der Waals surface area contributed by atoms with Crippen molar-refractivity contribution in [3.8, 4) is 0 Å². The number of carbonyl (C=O) groups is 2. The summed E-state index contributed by atoms with van der Waals surface area (Å²) in [5, 5.41) is 20.5. The van der Waals surface area contributed by atoms with Crippen LogP contribution in [0, 0.1) is 0 Å². The zero-order valence-corrected chi connectivity index (χ0v) is 27.0. The summed E-state index contributed by atoms with van der Waals surface area (Å²) in [7, 11) is -3.71. The van der Waals surface area contributed by atoms with Gasteiger partial charge in [0.15, 0.2) is 0 Å². The highest BCUT2D eigenvalue weighted by Gasteiger charge is 2.25. The zero-order valence-electron chi connectivity index (χ0n) is 26.2. The van der Waals surface area contributed by atoms with E-state index in [1.807, 2.05) is 86.6 Å². The Labute approximate surface area is 270 Å². The lowest BCUT2D eigenvalue weighted by Crippen LogP contribution is -2.49. The molecular formula is C35H41N5O5S. The van der Waals surface area contributed by atoms with Crippen LogP contribution in [0.2, 0.25) is 0 Å². The maximum Gasteiger partial charge on any atom is 0.251 e. The number of pyridine rings is 1. The molecule has 10 nitrogen and oxygen atoms in total. The molecule has 0 unspecified atom stereocenters. The van der Waals surface area contributed by atoms with E-state index in [2.05, 4.69) is 25.7 Å². The Morgan fingerprint density at radius 3 is 2.02 bits per heavy atom. The minimum atomic E-state index is -3.71. The second-order valence-electron chi connectivity index (χ2n) is 11.2. The molecule has 242 valence electrons. The average molecular weight is 644 g/mol. The molecule has 0 saturated heterocycles. The quantitative estimate of drug-likeness (QED) is 0.129. The largest absolute Gasteiger partial charge is 0.390 e. The molecular weight excluding hydrogens is 602 g/mol. The smallest absolute Gasteiger partial charge is 0.251 e. The SMILES string of the molecule is CCS(=O)(=O)Nc1cc(C(=O)N[C@@H](Cc2ccccc2)[C@H](O)CN[C@@H](C)c2cccnc2)cc(C(=O)N[C@H](C)c2ccccc2)c1. The van der Waals surface area contributed by atoms with Crippen molar-refractivity contribution in [2.75, 3.05) is 17.0 Å². The lowest BCUT2D eigenvalue weighted by Gasteiger charge is -2.26. The average Bonchev–Trinajstić information content (AvgIpc) is 3.07. The van der Waals surface area contributed by atoms with Crippen LogP contribution in [0.25, 0.3) is 0 Å². The number of nitrogens with one attached hydrogen (secondary N) is 4. The fourth-order valence-electron chi connectivity index (χ4n) is 4.90. The van der Waals surface area contributed by atoms with E-state index in [0.29, 0.717) is 6.42 Å². The molecule has 0 aliphatic carbocycles. The van der Waals surface area contributed by atoms with Gasteiger partial charge in [0.2, 0.25) is 10.0 Å². The van der Waals surface area contributed by atoms with Crippen LogP contribution in [0.3, 0.4) is 0 Å². The van der Waals surface area contributed by atoms with Crippen molar-refractivity contribution in [1.82, 2.24) is 20.9 Å². The van der Waals surface area contributed by atoms with Crippen LogP contribution in [0.1, 0.15) is 70.3 Å². The molecule has 4 aromatic rings. The number of carbonyl (C=O) groups excluding carboxylic acids is 2. The Morgan fingerprint density at radius 1 is 0.804 bits per heavy atom. The Balaban J connectivity index is 1.58. The van der Waals surface area contributed by atoms with Crippen LogP contribution < -0.4 is 20.7 Å². The summed E-state index contributed by atoms with van der Waals surface area (Å²) in [6.45, 7) is 5.47. The number of nitrogens with zero attached hydrogens (tertiary/aromatic N) is 1. The number of hydrogen-bond donors (Lipinski definition) is 5. The van der Waals surface area contributed by atoms with Crippen molar-refractivity contribution in [1.29, 1.82) is 0 Å². The summed E-state index contributed by atoms with van der Waals surface area (Å²) < 4.78 is 27.3. The number of amides is 2. The maximum atomic E-state index is 13.8. The van der Waals surface area contributed by atoms with Gasteiger partial charge >= 0.3 is 0 Å². The van der Waals surface area contributed by atoms with Gasteiger partial charge in [-0.1, -0.05) is 66.7 Å². The molecule has 0 radical (unpaired) electrons. The highest BCUT2D eigenvalue weighted by atomic mass is 32.2. The van der Waals surface area contributed by atoms with Crippen molar-refractivity contribution in [3.63, 3.8) is 0 Å². The van der Waals surface area contributed by atoms with E-state index in [4.69, 9.17) is 0 Å². The van der Waals surface area contributed by atoms with Crippen LogP contribution in [-0.4, -0.2) is 54.8 Å². The number of aliphatic hydroxyl groups is 1. The molecule has 0 bridgehead atoms. The molecule has 2 amide bonds. The zero-order chi connectivity index (χ0) is 33.1. The summed E-state index contributed by atoms with van der Waals surface area (Å²) in [6.07, 6.45) is 2.79. The fourth-order valence-corrected chi connectivity index (χ4v) is 5.52. The van der Waals surface area contributed by atoms with Gasteiger partial charge in [0.05, 0.1) is 29.6 Å². The third kappa shape index (κ3) is 9.96. The number of anilines is 1. The lowest BCUT2D eigenvalue weighted by atomic mass is 9.99. The Morgan fingerprint density at radius 2 is 1.41 bits per heavy atom. The summed E-state index contributed by atoms with van der Waals surface area (Å²) in [5.41, 5.74) is 3.01. The van der Waals surface area contributed by atoms with Gasteiger partial charge in [0.25, 0.3) is 11.8 Å². The van der Waals surface area contributed by atoms with E-state index in [1.54, 1.807) is 12.4 Å². The molecule has 4 atom stereocenters. The normalized spacial score (nSPS) is 14.0. The van der Waals surface area contributed by atoms with E-state index >= 15 is 0 Å². The predicted octanol–water partition coefficient (Wildman–Crippen LogP) is 4.39. The van der Waals surface area contributed by atoms with E-state index in [1.165, 1.54) is 25.1 Å². The first-order chi connectivity index (χ1) is 22.0. The number of sulfonamides is 1. The van der Waals surface area contributed by atoms with E-state index in [-0.39, 0.29) is 41.2 Å². The van der Waals surface area contributed by atoms with Gasteiger partial charge < -0.3 is 21.1 Å². The molecule has 0 spiro atoms. The van der Waals surface area contributed by atoms with Gasteiger partial charge in [0, 0.05) is 36.1 Å². The van der Waals surface area contributed by atoms with E-state index in [9.17, 15) is 23.1 Å². The van der Waals surface area contributed by atoms with Crippen molar-refractivity contribution >= 4 is 27.5 Å². The maximum absolute atomic E-state index is 13.8. The minimum Gasteiger partial charge on any atom is -0.390 e. The van der Waals surface area contributed by atoms with Crippen molar-refractivity contribution in [2.45, 2.75) is 51.4 Å². The van der Waals surface area contributed by atoms with Crippen molar-refractivity contribution in [2.24, 2.45) is 0 Å². The molecule has 11 heteroatoms. The number of aromatic nitrogens is 1. The lowest BCUT2D eigenvalue weighted by molar-refractivity contribution is 0.0825. The molecule has 0 saturated carbocycles. The molecule has 46 heavy (non-hydrogen) atoms. The van der Waals surface area contributed by atoms with Crippen molar-refractivity contribution in [3.05, 3.63) is 131 Å². The summed E-state index contributed by atoms with van der Waals surface area (Å²) in [6, 6.07) is 25.7. The van der Waals surface area contributed by atoms with E-state index < -0.39 is 34.0 Å². The van der Waals surface area contributed by atoms with Crippen LogP contribution in [0.5, 0.6) is 0 Å². The summed E-state index contributed by atoms with van der Waals surface area (Å²) in [4.78, 5) is 31.3. The molecule has 4 rings (SSSR count). The standard InChI is InChI=1S/C35H41N5O5S/c1-4-46(44,45)40-31-20-29(34(42)38-25(3)27-14-9-6-10-15-27)19-30(21-31)35(43)39-32(18-26-12-7-5-8-13-26)33(41)23-37-24(2)28-16-11-17-36-22-28/h5-17,19-22,24-25,32-33,37,40-41H,4,18,23H2,1-3H3,(H,38,42)(H,39,43)/t24-,25+,32-,33+/m0/s1. The summed E-state index contributed by atoms with van der Waals surface area (Å²) in [5.74, 6) is -1.23.